The van der Waals surface area contributed by atoms with Crippen molar-refractivity contribution in [3.8, 4) is 29.1 Å². The summed E-state index contributed by atoms with van der Waals surface area (Å²) in [5.41, 5.74) is 1.68. The monoisotopic (exact) mass is 622 g/mol. The molecule has 3 aromatic carbocycles. The first kappa shape index (κ1) is 25.0. The Balaban J connectivity index is 1.53. The van der Waals surface area contributed by atoms with Crippen LogP contribution in [0.1, 0.15) is 11.1 Å². The van der Waals surface area contributed by atoms with Crippen LogP contribution in [0.5, 0.6) is 23.0 Å². The largest absolute Gasteiger partial charge is 0.493 e. The topological polar surface area (TPSA) is 89.8 Å². The van der Waals surface area contributed by atoms with Crippen molar-refractivity contribution < 1.29 is 23.7 Å². The van der Waals surface area contributed by atoms with Gasteiger partial charge in [0.05, 0.1) is 26.4 Å². The van der Waals surface area contributed by atoms with E-state index < -0.39 is 5.91 Å². The van der Waals surface area contributed by atoms with Gasteiger partial charge in [-0.15, -0.1) is 0 Å². The van der Waals surface area contributed by atoms with Crippen molar-refractivity contribution in [1.82, 2.24) is 0 Å². The Morgan fingerprint density at radius 1 is 1.20 bits per heavy atom. The molecule has 1 aliphatic heterocycles. The number of nitrogens with zero attached hydrogens (tertiary/aromatic N) is 1. The number of carbonyl (C=O) groups is 1. The molecule has 178 valence electrons. The van der Waals surface area contributed by atoms with Crippen molar-refractivity contribution in [3.63, 3.8) is 0 Å². The molecule has 0 atom stereocenters. The number of rotatable bonds is 7. The summed E-state index contributed by atoms with van der Waals surface area (Å²) in [6.45, 7) is 0.486. The van der Waals surface area contributed by atoms with Crippen LogP contribution in [0.15, 0.2) is 54.1 Å². The zero-order valence-corrected chi connectivity index (χ0v) is 21.9. The lowest BCUT2D eigenvalue weighted by atomic mass is 10.1. The zero-order valence-electron chi connectivity index (χ0n) is 18.2. The SMILES string of the molecule is COc1cc(/C=C(/C#N)C(=O)Nc2cccc(Cl)c2Cl)cc(I)c1OCc1ccc2c(c1)OCO2. The number of anilines is 1. The van der Waals surface area contributed by atoms with Gasteiger partial charge in [-0.25, -0.2) is 0 Å². The quantitative estimate of drug-likeness (QED) is 0.185. The highest BCUT2D eigenvalue weighted by Crippen LogP contribution is 2.37. The fraction of sp³-hybridized carbons (Fsp3) is 0.120. The van der Waals surface area contributed by atoms with Crippen LogP contribution in [-0.4, -0.2) is 19.8 Å². The molecule has 3 aromatic rings. The van der Waals surface area contributed by atoms with Crippen LogP contribution in [0.2, 0.25) is 10.0 Å². The molecule has 0 radical (unpaired) electrons. The first-order valence-electron chi connectivity index (χ1n) is 10.2. The second-order valence-electron chi connectivity index (χ2n) is 7.24. The first-order valence-corrected chi connectivity index (χ1v) is 12.0. The molecule has 0 saturated heterocycles. The summed E-state index contributed by atoms with van der Waals surface area (Å²) in [7, 11) is 1.52. The molecule has 1 heterocycles. The number of hydrogen-bond acceptors (Lipinski definition) is 6. The van der Waals surface area contributed by atoms with E-state index in [1.807, 2.05) is 24.3 Å². The van der Waals surface area contributed by atoms with Gasteiger partial charge >= 0.3 is 0 Å². The van der Waals surface area contributed by atoms with Crippen molar-refractivity contribution in [1.29, 1.82) is 5.26 Å². The van der Waals surface area contributed by atoms with Crippen LogP contribution in [0.3, 0.4) is 0 Å². The molecule has 1 aliphatic rings. The molecule has 1 N–H and O–H groups in total. The Bertz CT molecular complexity index is 1370. The van der Waals surface area contributed by atoms with E-state index in [0.29, 0.717) is 39.3 Å². The van der Waals surface area contributed by atoms with Crippen LogP contribution in [0, 0.1) is 14.9 Å². The van der Waals surface area contributed by atoms with Gasteiger partial charge in [-0.2, -0.15) is 5.26 Å². The van der Waals surface area contributed by atoms with E-state index in [1.165, 1.54) is 13.2 Å². The number of benzene rings is 3. The minimum absolute atomic E-state index is 0.118. The molecule has 0 aliphatic carbocycles. The van der Waals surface area contributed by atoms with E-state index in [1.54, 1.807) is 30.3 Å². The zero-order chi connectivity index (χ0) is 24.9. The number of fused-ring (bicyclic) bond motifs is 1. The Morgan fingerprint density at radius 2 is 2.00 bits per heavy atom. The molecule has 4 rings (SSSR count). The Morgan fingerprint density at radius 3 is 2.77 bits per heavy atom. The lowest BCUT2D eigenvalue weighted by Crippen LogP contribution is -2.13. The summed E-state index contributed by atoms with van der Waals surface area (Å²) in [6.07, 6.45) is 1.46. The maximum Gasteiger partial charge on any atom is 0.266 e. The number of halogens is 3. The molecule has 0 fully saturated rings. The van der Waals surface area contributed by atoms with Crippen LogP contribution >= 0.6 is 45.8 Å². The van der Waals surface area contributed by atoms with E-state index in [4.69, 9.17) is 42.1 Å². The summed E-state index contributed by atoms with van der Waals surface area (Å²) in [4.78, 5) is 12.7. The molecule has 0 bridgehead atoms. The lowest BCUT2D eigenvalue weighted by Gasteiger charge is -2.14. The van der Waals surface area contributed by atoms with Gasteiger partial charge in [-0.05, 0) is 76.2 Å². The van der Waals surface area contributed by atoms with Crippen molar-refractivity contribution in [2.45, 2.75) is 6.61 Å². The van der Waals surface area contributed by atoms with E-state index in [2.05, 4.69) is 27.9 Å². The number of hydrogen-bond donors (Lipinski definition) is 1. The second kappa shape index (κ2) is 11.1. The predicted octanol–water partition coefficient (Wildman–Crippen LogP) is 6.46. The van der Waals surface area contributed by atoms with Crippen molar-refractivity contribution in [2.75, 3.05) is 19.2 Å². The summed E-state index contributed by atoms with van der Waals surface area (Å²) < 4.78 is 23.0. The van der Waals surface area contributed by atoms with Gasteiger partial charge in [0, 0.05) is 0 Å². The van der Waals surface area contributed by atoms with E-state index in [9.17, 15) is 10.1 Å². The van der Waals surface area contributed by atoms with Gasteiger partial charge < -0.3 is 24.3 Å². The fourth-order valence-electron chi connectivity index (χ4n) is 3.25. The normalized spacial score (nSPS) is 12.1. The van der Waals surface area contributed by atoms with E-state index >= 15 is 0 Å². The van der Waals surface area contributed by atoms with Crippen LogP contribution in [0.4, 0.5) is 5.69 Å². The molecule has 0 aromatic heterocycles. The minimum atomic E-state index is -0.617. The van der Waals surface area contributed by atoms with Crippen LogP contribution in [0.25, 0.3) is 6.08 Å². The van der Waals surface area contributed by atoms with Gasteiger partial charge in [-0.3, -0.25) is 4.79 Å². The number of amides is 1. The number of methoxy groups -OCH3 is 1. The van der Waals surface area contributed by atoms with Crippen molar-refractivity contribution >= 4 is 63.5 Å². The van der Waals surface area contributed by atoms with E-state index in [0.717, 1.165) is 9.13 Å². The minimum Gasteiger partial charge on any atom is -0.493 e. The molecule has 0 saturated carbocycles. The maximum absolute atomic E-state index is 12.7. The number of ether oxygens (including phenoxy) is 4. The highest BCUT2D eigenvalue weighted by Gasteiger charge is 2.17. The van der Waals surface area contributed by atoms with Gasteiger partial charge in [0.1, 0.15) is 18.2 Å². The summed E-state index contributed by atoms with van der Waals surface area (Å²) in [5.74, 6) is 1.76. The van der Waals surface area contributed by atoms with Gasteiger partial charge in [-0.1, -0.05) is 35.3 Å². The average Bonchev–Trinajstić information content (AvgIpc) is 3.32. The summed E-state index contributed by atoms with van der Waals surface area (Å²) >= 11 is 14.2. The molecule has 0 spiro atoms. The molecule has 10 heteroatoms. The molecular weight excluding hydrogens is 606 g/mol. The summed E-state index contributed by atoms with van der Waals surface area (Å²) in [5, 5.41) is 12.7. The second-order valence-corrected chi connectivity index (χ2v) is 9.18. The third-order valence-electron chi connectivity index (χ3n) is 4.95. The van der Waals surface area contributed by atoms with Crippen molar-refractivity contribution in [3.05, 3.63) is 78.8 Å². The maximum atomic E-state index is 12.7. The average molecular weight is 623 g/mol. The third-order valence-corrected chi connectivity index (χ3v) is 6.57. The molecule has 7 nitrogen and oxygen atoms in total. The Hall–Kier alpha value is -3.13. The number of carbonyl (C=O) groups excluding carboxylic acids is 1. The van der Waals surface area contributed by atoms with Crippen molar-refractivity contribution in [2.24, 2.45) is 0 Å². The highest BCUT2D eigenvalue weighted by molar-refractivity contribution is 14.1. The Kier molecular flexibility index (Phi) is 7.90. The summed E-state index contributed by atoms with van der Waals surface area (Å²) in [6, 6.07) is 15.8. The third kappa shape index (κ3) is 5.75. The molecule has 35 heavy (non-hydrogen) atoms. The molecule has 0 unspecified atom stereocenters. The highest BCUT2D eigenvalue weighted by atomic mass is 127. The lowest BCUT2D eigenvalue weighted by molar-refractivity contribution is -0.112. The van der Waals surface area contributed by atoms with Gasteiger partial charge in [0.15, 0.2) is 23.0 Å². The molecule has 1 amide bonds. The number of nitrogens with one attached hydrogen (secondary N) is 1. The van der Waals surface area contributed by atoms with Crippen LogP contribution in [-0.2, 0) is 11.4 Å². The first-order chi connectivity index (χ1) is 16.9. The Labute approximate surface area is 225 Å². The van der Waals surface area contributed by atoms with Gasteiger partial charge in [0.25, 0.3) is 5.91 Å². The fourth-order valence-corrected chi connectivity index (χ4v) is 4.38. The van der Waals surface area contributed by atoms with Crippen LogP contribution < -0.4 is 24.3 Å². The number of nitriles is 1. The van der Waals surface area contributed by atoms with Gasteiger partial charge in [0.2, 0.25) is 6.79 Å². The predicted molar refractivity (Wildman–Crippen MR) is 141 cm³/mol. The molecular formula is C25H17Cl2IN2O5. The standard InChI is InChI=1S/C25H17Cl2IN2O5/c1-32-22-10-15(7-16(11-29)25(31)30-19-4-2-3-17(26)23(19)27)8-18(28)24(22)33-12-14-5-6-20-21(9-14)35-13-34-20/h2-10H,12-13H2,1H3,(H,30,31)/b16-7-. The smallest absolute Gasteiger partial charge is 0.266 e. The van der Waals surface area contributed by atoms with E-state index in [-0.39, 0.29) is 24.0 Å².